The molecule has 3 rings (SSSR count). The number of likely N-dealkylation sites (tertiary alicyclic amines) is 1. The number of rotatable bonds is 4. The molecule has 1 fully saturated rings. The first-order chi connectivity index (χ1) is 10.2. The van der Waals surface area contributed by atoms with Crippen molar-refractivity contribution in [2.75, 3.05) is 26.8 Å². The number of nitrogens with zero attached hydrogens (tertiary/aromatic N) is 5. The van der Waals surface area contributed by atoms with E-state index in [1.807, 2.05) is 9.47 Å². The van der Waals surface area contributed by atoms with Crippen LogP contribution in [0, 0.1) is 0 Å². The molecule has 1 aromatic heterocycles. The minimum absolute atomic E-state index is 0.0389. The van der Waals surface area contributed by atoms with E-state index in [1.54, 1.807) is 4.90 Å². The van der Waals surface area contributed by atoms with Crippen LogP contribution in [0.1, 0.15) is 24.5 Å². The number of aromatic nitrogens is 3. The molecule has 0 aliphatic carbocycles. The second kappa shape index (κ2) is 5.80. The summed E-state index contributed by atoms with van der Waals surface area (Å²) in [6, 6.07) is 0. The maximum absolute atomic E-state index is 11.8. The molecule has 0 N–H and O–H groups in total. The summed E-state index contributed by atoms with van der Waals surface area (Å²) in [4.78, 5) is 27.1. The van der Waals surface area contributed by atoms with E-state index in [1.165, 1.54) is 7.11 Å². The van der Waals surface area contributed by atoms with Gasteiger partial charge in [0.15, 0.2) is 11.6 Å². The molecule has 21 heavy (non-hydrogen) atoms. The summed E-state index contributed by atoms with van der Waals surface area (Å²) in [5.41, 5.74) is 0. The third-order valence-corrected chi connectivity index (χ3v) is 3.95. The molecular formula is C13H19N5O3. The van der Waals surface area contributed by atoms with Gasteiger partial charge in [0.2, 0.25) is 11.8 Å². The van der Waals surface area contributed by atoms with Gasteiger partial charge in [-0.25, -0.2) is 0 Å². The average Bonchev–Trinajstić information content (AvgIpc) is 3.06. The van der Waals surface area contributed by atoms with Crippen LogP contribution in [0.3, 0.4) is 0 Å². The largest absolute Gasteiger partial charge is 0.375 e. The number of ether oxygens (including phenoxy) is 1. The first kappa shape index (κ1) is 14.0. The fourth-order valence-electron chi connectivity index (χ4n) is 2.80. The molecule has 2 aliphatic heterocycles. The summed E-state index contributed by atoms with van der Waals surface area (Å²) >= 11 is 0. The summed E-state index contributed by atoms with van der Waals surface area (Å²) in [5, 5.41) is 8.34. The van der Waals surface area contributed by atoms with Crippen LogP contribution < -0.4 is 0 Å². The van der Waals surface area contributed by atoms with E-state index >= 15 is 0 Å². The van der Waals surface area contributed by atoms with Crippen molar-refractivity contribution in [1.82, 2.24) is 24.6 Å². The van der Waals surface area contributed by atoms with Crippen molar-refractivity contribution in [1.29, 1.82) is 0 Å². The van der Waals surface area contributed by atoms with E-state index in [0.29, 0.717) is 32.6 Å². The first-order valence-corrected chi connectivity index (χ1v) is 7.14. The van der Waals surface area contributed by atoms with Gasteiger partial charge in [-0.1, -0.05) is 0 Å². The second-order valence-corrected chi connectivity index (χ2v) is 5.35. The molecule has 0 atom stereocenters. The minimum atomic E-state index is -0.0389. The number of carbonyl (C=O) groups is 2. The van der Waals surface area contributed by atoms with E-state index in [9.17, 15) is 9.59 Å². The molecule has 8 heteroatoms. The lowest BCUT2D eigenvalue weighted by Crippen LogP contribution is -2.40. The molecule has 0 spiro atoms. The molecule has 2 amide bonds. The van der Waals surface area contributed by atoms with Crippen molar-refractivity contribution in [3.05, 3.63) is 11.6 Å². The molecule has 0 radical (unpaired) electrons. The van der Waals surface area contributed by atoms with Crippen LogP contribution in [0.15, 0.2) is 0 Å². The number of amides is 2. The van der Waals surface area contributed by atoms with E-state index in [2.05, 4.69) is 10.2 Å². The van der Waals surface area contributed by atoms with Gasteiger partial charge in [-0.15, -0.1) is 10.2 Å². The summed E-state index contributed by atoms with van der Waals surface area (Å²) in [6.45, 7) is 3.12. The van der Waals surface area contributed by atoms with Gasteiger partial charge in [0.05, 0.1) is 13.1 Å². The molecule has 1 aromatic rings. The van der Waals surface area contributed by atoms with Crippen LogP contribution in [0.25, 0.3) is 0 Å². The zero-order valence-electron chi connectivity index (χ0n) is 12.1. The number of fused-ring (bicyclic) bond motifs is 1. The second-order valence-electron chi connectivity index (χ2n) is 5.35. The Morgan fingerprint density at radius 2 is 2.14 bits per heavy atom. The van der Waals surface area contributed by atoms with Crippen molar-refractivity contribution in [3.63, 3.8) is 0 Å². The lowest BCUT2D eigenvalue weighted by Gasteiger charge is -2.28. The van der Waals surface area contributed by atoms with Gasteiger partial charge in [0.1, 0.15) is 6.61 Å². The Morgan fingerprint density at radius 1 is 1.29 bits per heavy atom. The van der Waals surface area contributed by atoms with Crippen molar-refractivity contribution < 1.29 is 14.3 Å². The monoisotopic (exact) mass is 293 g/mol. The zero-order chi connectivity index (χ0) is 14.8. The Balaban J connectivity index is 1.69. The maximum Gasteiger partial charge on any atom is 0.249 e. The molecular weight excluding hydrogens is 274 g/mol. The Bertz CT molecular complexity index is 556. The van der Waals surface area contributed by atoms with Crippen molar-refractivity contribution in [2.24, 2.45) is 0 Å². The van der Waals surface area contributed by atoms with Crippen LogP contribution in [0.4, 0.5) is 0 Å². The van der Waals surface area contributed by atoms with Gasteiger partial charge < -0.3 is 19.1 Å². The van der Waals surface area contributed by atoms with Crippen molar-refractivity contribution >= 4 is 11.8 Å². The first-order valence-electron chi connectivity index (χ1n) is 7.14. The molecule has 0 bridgehead atoms. The Hall–Kier alpha value is -1.96. The van der Waals surface area contributed by atoms with Gasteiger partial charge in [0.25, 0.3) is 0 Å². The number of carbonyl (C=O) groups excluding carboxylic acids is 2. The predicted molar refractivity (Wildman–Crippen MR) is 72.0 cm³/mol. The van der Waals surface area contributed by atoms with E-state index < -0.39 is 0 Å². The lowest BCUT2D eigenvalue weighted by atomic mass is 10.3. The standard InChI is InChI=1S/C13H19N5O3/c1-21-9-13(20)17-5-6-18-10(14-15-11(18)8-17)7-16-4-2-3-12(16)19/h2-9H2,1H3. The number of hydrogen-bond donors (Lipinski definition) is 0. The average molecular weight is 293 g/mol. The van der Waals surface area contributed by atoms with Gasteiger partial charge in [-0.05, 0) is 6.42 Å². The molecule has 8 nitrogen and oxygen atoms in total. The minimum Gasteiger partial charge on any atom is -0.375 e. The fraction of sp³-hybridized carbons (Fsp3) is 0.692. The molecule has 114 valence electrons. The third kappa shape index (κ3) is 2.76. The summed E-state index contributed by atoms with van der Waals surface area (Å²) in [7, 11) is 1.51. The quantitative estimate of drug-likeness (QED) is 0.740. The Kier molecular flexibility index (Phi) is 3.87. The maximum atomic E-state index is 11.8. The zero-order valence-corrected chi connectivity index (χ0v) is 12.1. The molecule has 0 aromatic carbocycles. The smallest absolute Gasteiger partial charge is 0.249 e. The summed E-state index contributed by atoms with van der Waals surface area (Å²) in [5.74, 6) is 1.72. The van der Waals surface area contributed by atoms with Gasteiger partial charge in [-0.3, -0.25) is 9.59 Å². The van der Waals surface area contributed by atoms with E-state index in [-0.39, 0.29) is 18.4 Å². The van der Waals surface area contributed by atoms with Crippen LogP contribution in [-0.2, 0) is 34.0 Å². The normalized spacial score (nSPS) is 18.2. The Morgan fingerprint density at radius 3 is 2.86 bits per heavy atom. The highest BCUT2D eigenvalue weighted by Gasteiger charge is 2.27. The van der Waals surface area contributed by atoms with Gasteiger partial charge in [0, 0.05) is 33.2 Å². The van der Waals surface area contributed by atoms with Gasteiger partial charge >= 0.3 is 0 Å². The van der Waals surface area contributed by atoms with Gasteiger partial charge in [-0.2, -0.15) is 0 Å². The van der Waals surface area contributed by atoms with E-state index in [4.69, 9.17) is 4.74 Å². The third-order valence-electron chi connectivity index (χ3n) is 3.95. The summed E-state index contributed by atoms with van der Waals surface area (Å²) < 4.78 is 6.89. The lowest BCUT2D eigenvalue weighted by molar-refractivity contribution is -0.136. The van der Waals surface area contributed by atoms with Crippen molar-refractivity contribution in [3.8, 4) is 0 Å². The SMILES string of the molecule is COCC(=O)N1CCn2c(CN3CCCC3=O)nnc2C1. The highest BCUT2D eigenvalue weighted by Crippen LogP contribution is 2.17. The molecule has 2 aliphatic rings. The fourth-order valence-corrected chi connectivity index (χ4v) is 2.80. The van der Waals surface area contributed by atoms with Crippen LogP contribution >= 0.6 is 0 Å². The summed E-state index contributed by atoms with van der Waals surface area (Å²) in [6.07, 6.45) is 1.54. The molecule has 0 unspecified atom stereocenters. The molecule has 1 saturated heterocycles. The highest BCUT2D eigenvalue weighted by molar-refractivity contribution is 5.78. The number of methoxy groups -OCH3 is 1. The predicted octanol–water partition coefficient (Wildman–Crippen LogP) is -0.611. The topological polar surface area (TPSA) is 80.6 Å². The van der Waals surface area contributed by atoms with E-state index in [0.717, 1.165) is 24.6 Å². The molecule has 3 heterocycles. The van der Waals surface area contributed by atoms with Crippen LogP contribution in [-0.4, -0.2) is 63.2 Å². The van der Waals surface area contributed by atoms with Crippen LogP contribution in [0.2, 0.25) is 0 Å². The number of hydrogen-bond acceptors (Lipinski definition) is 5. The Labute approximate surface area is 122 Å². The highest BCUT2D eigenvalue weighted by atomic mass is 16.5. The van der Waals surface area contributed by atoms with Crippen LogP contribution in [0.5, 0.6) is 0 Å². The molecule has 0 saturated carbocycles. The van der Waals surface area contributed by atoms with Crippen molar-refractivity contribution in [2.45, 2.75) is 32.5 Å².